The molecule has 1 aliphatic heterocycles. The number of pyridine rings is 1. The van der Waals surface area contributed by atoms with E-state index in [1.54, 1.807) is 23.0 Å². The molecule has 3 atom stereocenters. The highest BCUT2D eigenvalue weighted by Gasteiger charge is 2.42. The Morgan fingerprint density at radius 3 is 2.73 bits per heavy atom. The Hall–Kier alpha value is -5.05. The number of nitrogens with zero attached hydrogens (tertiary/aromatic N) is 4. The standard InChI is InChI=1S/C38H44IN9O3/c1-4-8-30(39)32-24-35(48(46-32)27-12-10-26(2)11-13-27)45-37(50)43-31-14-15-33(38(3)17-6-5-9-29(31)38)51-28-16-19-41-34(23-28)44-36(49)42-18-7-21-47-22-20-40-25-47/h5-6,9-17,19-20,22-24,29-30,40H,4,7-8,18,21,25H2,1-3H3,(H2,43,45,50)(H2,41,42,44,49). The number of carbonyl (C=O) groups is 2. The van der Waals surface area contributed by atoms with E-state index in [4.69, 9.17) is 9.84 Å². The minimum absolute atomic E-state index is 0.203. The molecule has 4 amide bonds. The number of ether oxygens (including phenoxy) is 1. The van der Waals surface area contributed by atoms with Crippen LogP contribution < -0.4 is 31.3 Å². The third kappa shape index (κ3) is 8.82. The highest BCUT2D eigenvalue weighted by molar-refractivity contribution is 14.1. The van der Waals surface area contributed by atoms with Crippen molar-refractivity contribution in [2.75, 3.05) is 30.4 Å². The van der Waals surface area contributed by atoms with Crippen LogP contribution in [0.3, 0.4) is 0 Å². The van der Waals surface area contributed by atoms with Crippen molar-refractivity contribution in [2.45, 2.75) is 44.0 Å². The molecule has 3 aromatic rings. The lowest BCUT2D eigenvalue weighted by Gasteiger charge is -2.40. The number of rotatable bonds is 13. The number of aryl methyl sites for hydroxylation is 1. The molecule has 5 N–H and O–H groups in total. The molecule has 51 heavy (non-hydrogen) atoms. The second-order valence-electron chi connectivity index (χ2n) is 12.9. The second-order valence-corrected chi connectivity index (χ2v) is 14.4. The van der Waals surface area contributed by atoms with Crippen LogP contribution in [0.4, 0.5) is 21.2 Å². The van der Waals surface area contributed by atoms with Gasteiger partial charge in [0.15, 0.2) is 0 Å². The number of hydrogen-bond acceptors (Lipinski definition) is 7. The van der Waals surface area contributed by atoms with Crippen LogP contribution in [-0.2, 0) is 0 Å². The molecule has 3 unspecified atom stereocenters. The summed E-state index contributed by atoms with van der Waals surface area (Å²) in [6.45, 7) is 8.44. The summed E-state index contributed by atoms with van der Waals surface area (Å²) in [6.07, 6.45) is 20.2. The quantitative estimate of drug-likeness (QED) is 0.0689. The van der Waals surface area contributed by atoms with Crippen molar-refractivity contribution in [3.63, 3.8) is 0 Å². The normalized spacial score (nSPS) is 19.4. The van der Waals surface area contributed by atoms with Gasteiger partial charge in [-0.3, -0.25) is 10.6 Å². The molecule has 266 valence electrons. The highest BCUT2D eigenvalue weighted by atomic mass is 127. The summed E-state index contributed by atoms with van der Waals surface area (Å²) in [4.78, 5) is 32.5. The Balaban J connectivity index is 1.13. The number of allylic oxidation sites excluding steroid dienone is 6. The minimum Gasteiger partial charge on any atom is -0.461 e. The summed E-state index contributed by atoms with van der Waals surface area (Å²) >= 11 is 2.41. The lowest BCUT2D eigenvalue weighted by Crippen LogP contribution is -2.40. The molecular weight excluding hydrogens is 757 g/mol. The number of nitrogens with one attached hydrogen (secondary N) is 5. The number of amides is 4. The first-order valence-electron chi connectivity index (χ1n) is 17.2. The lowest BCUT2D eigenvalue weighted by molar-refractivity contribution is 0.241. The summed E-state index contributed by atoms with van der Waals surface area (Å²) in [7, 11) is 0. The van der Waals surface area contributed by atoms with Crippen molar-refractivity contribution in [3.05, 3.63) is 120 Å². The molecule has 0 bridgehead atoms. The van der Waals surface area contributed by atoms with Gasteiger partial charge in [-0.25, -0.2) is 19.3 Å². The van der Waals surface area contributed by atoms with Crippen LogP contribution in [0.2, 0.25) is 0 Å². The zero-order valence-corrected chi connectivity index (χ0v) is 31.2. The topological polar surface area (TPSA) is 137 Å². The molecule has 2 aromatic heterocycles. The van der Waals surface area contributed by atoms with E-state index < -0.39 is 5.41 Å². The van der Waals surface area contributed by atoms with Gasteiger partial charge < -0.3 is 25.6 Å². The maximum Gasteiger partial charge on any atom is 0.324 e. The largest absolute Gasteiger partial charge is 0.461 e. The number of anilines is 2. The number of fused-ring (bicyclic) bond motifs is 1. The van der Waals surface area contributed by atoms with E-state index in [1.165, 1.54) is 0 Å². The monoisotopic (exact) mass is 801 g/mol. The molecule has 2 aliphatic carbocycles. The first-order valence-corrected chi connectivity index (χ1v) is 18.5. The van der Waals surface area contributed by atoms with Crippen molar-refractivity contribution >= 4 is 46.3 Å². The van der Waals surface area contributed by atoms with E-state index in [0.717, 1.165) is 55.1 Å². The fourth-order valence-electron chi connectivity index (χ4n) is 6.16. The van der Waals surface area contributed by atoms with Gasteiger partial charge in [-0.2, -0.15) is 5.10 Å². The smallest absolute Gasteiger partial charge is 0.324 e. The van der Waals surface area contributed by atoms with E-state index >= 15 is 0 Å². The predicted molar refractivity (Wildman–Crippen MR) is 209 cm³/mol. The summed E-state index contributed by atoms with van der Waals surface area (Å²) in [6, 6.07) is 12.8. The van der Waals surface area contributed by atoms with E-state index in [-0.39, 0.29) is 21.9 Å². The maximum atomic E-state index is 13.6. The van der Waals surface area contributed by atoms with Crippen LogP contribution >= 0.6 is 22.6 Å². The average molecular weight is 802 g/mol. The number of alkyl halides is 1. The maximum absolute atomic E-state index is 13.6. The molecule has 0 saturated carbocycles. The van der Waals surface area contributed by atoms with Crippen molar-refractivity contribution in [3.8, 4) is 11.4 Å². The summed E-state index contributed by atoms with van der Waals surface area (Å²) in [5.74, 6) is 1.99. The van der Waals surface area contributed by atoms with Gasteiger partial charge in [-0.1, -0.05) is 77.9 Å². The van der Waals surface area contributed by atoms with Gasteiger partial charge in [0, 0.05) is 55.4 Å². The molecule has 12 nitrogen and oxygen atoms in total. The molecule has 13 heteroatoms. The Kier molecular flexibility index (Phi) is 11.4. The highest BCUT2D eigenvalue weighted by Crippen LogP contribution is 2.46. The minimum atomic E-state index is -0.591. The Morgan fingerprint density at radius 1 is 1.10 bits per heavy atom. The summed E-state index contributed by atoms with van der Waals surface area (Å²) in [5.41, 5.74) is 3.07. The van der Waals surface area contributed by atoms with Crippen molar-refractivity contribution in [1.29, 1.82) is 0 Å². The number of halogens is 1. The first kappa shape index (κ1) is 35.8. The third-order valence-electron chi connectivity index (χ3n) is 8.96. The Bertz CT molecular complexity index is 1880. The number of aromatic nitrogens is 3. The number of carbonyl (C=O) groups excluding carboxylic acids is 2. The van der Waals surface area contributed by atoms with Gasteiger partial charge in [0.05, 0.1) is 27.4 Å². The van der Waals surface area contributed by atoms with Gasteiger partial charge in [0.25, 0.3) is 0 Å². The molecule has 1 aromatic carbocycles. The zero-order chi connectivity index (χ0) is 35.8. The van der Waals surface area contributed by atoms with Gasteiger partial charge in [-0.05, 0) is 57.0 Å². The van der Waals surface area contributed by atoms with E-state index in [2.05, 4.69) is 85.1 Å². The molecule has 3 aliphatic rings. The summed E-state index contributed by atoms with van der Waals surface area (Å²) < 4.78 is 8.45. The van der Waals surface area contributed by atoms with Crippen LogP contribution in [-0.4, -0.2) is 51.5 Å². The van der Waals surface area contributed by atoms with Crippen LogP contribution in [0.15, 0.2) is 109 Å². The van der Waals surface area contributed by atoms with Crippen molar-refractivity contribution < 1.29 is 14.3 Å². The molecule has 6 rings (SSSR count). The van der Waals surface area contributed by atoms with Gasteiger partial charge >= 0.3 is 12.1 Å². The van der Waals surface area contributed by atoms with Crippen molar-refractivity contribution in [1.82, 2.24) is 35.6 Å². The fourth-order valence-corrected chi connectivity index (χ4v) is 7.09. The molecular formula is C38H44IN9O3. The Labute approximate surface area is 312 Å². The average Bonchev–Trinajstić information content (AvgIpc) is 3.79. The van der Waals surface area contributed by atoms with E-state index in [1.807, 2.05) is 74.0 Å². The van der Waals surface area contributed by atoms with Gasteiger partial charge in [-0.15, -0.1) is 0 Å². The summed E-state index contributed by atoms with van der Waals surface area (Å²) in [5, 5.41) is 19.8. The SMILES string of the molecule is CCCC(I)c1cc(NC(=O)NC2=CC=C(Oc3ccnc(NC(=O)NCCCN4C=CNC4)c3)C3(C)C=CC=CC23)n(-c2ccc(C)cc2)n1. The second kappa shape index (κ2) is 16.3. The Morgan fingerprint density at radius 2 is 1.94 bits per heavy atom. The van der Waals surface area contributed by atoms with Gasteiger partial charge in [0.2, 0.25) is 0 Å². The van der Waals surface area contributed by atoms with Crippen LogP contribution in [0.1, 0.15) is 48.3 Å². The molecule has 0 saturated heterocycles. The molecule has 3 heterocycles. The third-order valence-corrected chi connectivity index (χ3v) is 10.2. The fraction of sp³-hybridized carbons (Fsp3) is 0.316. The van der Waals surface area contributed by atoms with Crippen LogP contribution in [0, 0.1) is 18.3 Å². The van der Waals surface area contributed by atoms with Crippen LogP contribution in [0.5, 0.6) is 5.75 Å². The van der Waals surface area contributed by atoms with Gasteiger partial charge in [0.1, 0.15) is 23.1 Å². The lowest BCUT2D eigenvalue weighted by atomic mass is 9.69. The number of hydrogen-bond donors (Lipinski definition) is 5. The van der Waals surface area contributed by atoms with Crippen molar-refractivity contribution in [2.24, 2.45) is 11.3 Å². The number of urea groups is 2. The molecule has 0 radical (unpaired) electrons. The zero-order valence-electron chi connectivity index (χ0n) is 29.0. The number of benzene rings is 1. The predicted octanol–water partition coefficient (Wildman–Crippen LogP) is 7.43. The first-order chi connectivity index (χ1) is 24.7. The van der Waals surface area contributed by atoms with E-state index in [9.17, 15) is 9.59 Å². The molecule has 0 spiro atoms. The van der Waals surface area contributed by atoms with Crippen LogP contribution in [0.25, 0.3) is 5.69 Å². The van der Waals surface area contributed by atoms with E-state index in [0.29, 0.717) is 29.7 Å². The molecule has 0 fully saturated rings.